The van der Waals surface area contributed by atoms with Crippen LogP contribution in [0.3, 0.4) is 0 Å². The maximum absolute atomic E-state index is 8.78. The van der Waals surface area contributed by atoms with Crippen LogP contribution < -0.4 is 10.6 Å². The molecule has 0 saturated heterocycles. The molecule has 0 radical (unpaired) electrons. The summed E-state index contributed by atoms with van der Waals surface area (Å²) in [6.45, 7) is 1.80. The van der Waals surface area contributed by atoms with Crippen molar-refractivity contribution in [2.45, 2.75) is 0 Å². The molecule has 0 unspecified atom stereocenters. The molecular weight excluding hydrogens is 150 g/mol. The van der Waals surface area contributed by atoms with Crippen LogP contribution in [0.15, 0.2) is 18.2 Å². The van der Waals surface area contributed by atoms with Crippen LogP contribution in [-0.2, 0) is 0 Å². The van der Waals surface area contributed by atoms with E-state index < -0.39 is 0 Å². The summed E-state index contributed by atoms with van der Waals surface area (Å²) in [6.07, 6.45) is 0. The van der Waals surface area contributed by atoms with Crippen molar-refractivity contribution in [3.8, 4) is 6.07 Å². The third-order valence-electron chi connectivity index (χ3n) is 1.93. The lowest BCUT2D eigenvalue weighted by molar-refractivity contribution is 1.04. The van der Waals surface area contributed by atoms with E-state index in [1.54, 1.807) is 0 Å². The summed E-state index contributed by atoms with van der Waals surface area (Å²) in [7, 11) is 0. The highest BCUT2D eigenvalue weighted by Crippen LogP contribution is 2.27. The number of hydrogen-bond acceptors (Lipinski definition) is 3. The van der Waals surface area contributed by atoms with Gasteiger partial charge in [-0.2, -0.15) is 5.26 Å². The first-order chi connectivity index (χ1) is 5.92. The van der Waals surface area contributed by atoms with Crippen molar-refractivity contribution in [3.05, 3.63) is 23.8 Å². The number of nitrogens with one attached hydrogen (secondary N) is 2. The van der Waals surface area contributed by atoms with Gasteiger partial charge in [0.25, 0.3) is 0 Å². The second-order valence-electron chi connectivity index (χ2n) is 2.69. The van der Waals surface area contributed by atoms with Gasteiger partial charge in [0.1, 0.15) is 6.07 Å². The topological polar surface area (TPSA) is 47.9 Å². The quantitative estimate of drug-likeness (QED) is 0.601. The molecule has 0 aromatic heterocycles. The second-order valence-corrected chi connectivity index (χ2v) is 2.69. The van der Waals surface area contributed by atoms with E-state index in [-0.39, 0.29) is 0 Å². The first-order valence-corrected chi connectivity index (χ1v) is 3.92. The maximum Gasteiger partial charge on any atom is 0.101 e. The molecule has 1 aliphatic heterocycles. The first-order valence-electron chi connectivity index (χ1n) is 3.92. The van der Waals surface area contributed by atoms with Crippen LogP contribution in [0.25, 0.3) is 0 Å². The van der Waals surface area contributed by atoms with E-state index in [0.717, 1.165) is 24.5 Å². The van der Waals surface area contributed by atoms with Gasteiger partial charge in [-0.15, -0.1) is 0 Å². The van der Waals surface area contributed by atoms with Crippen LogP contribution >= 0.6 is 0 Å². The molecule has 0 bridgehead atoms. The Labute approximate surface area is 71.0 Å². The van der Waals surface area contributed by atoms with Crippen LogP contribution in [0.5, 0.6) is 0 Å². The molecule has 0 aliphatic carbocycles. The summed E-state index contributed by atoms with van der Waals surface area (Å²) in [6, 6.07) is 7.83. The van der Waals surface area contributed by atoms with Crippen molar-refractivity contribution in [2.75, 3.05) is 23.7 Å². The molecule has 0 saturated carbocycles. The van der Waals surface area contributed by atoms with Gasteiger partial charge in [0.2, 0.25) is 0 Å². The Morgan fingerprint density at radius 3 is 2.92 bits per heavy atom. The molecule has 1 aromatic rings. The van der Waals surface area contributed by atoms with Gasteiger partial charge in [-0.05, 0) is 12.1 Å². The smallest absolute Gasteiger partial charge is 0.101 e. The highest BCUT2D eigenvalue weighted by molar-refractivity contribution is 5.76. The molecule has 0 atom stereocenters. The summed E-state index contributed by atoms with van der Waals surface area (Å²) in [5.74, 6) is 0. The van der Waals surface area contributed by atoms with Gasteiger partial charge in [0, 0.05) is 13.1 Å². The summed E-state index contributed by atoms with van der Waals surface area (Å²) in [4.78, 5) is 0. The van der Waals surface area contributed by atoms with Crippen LogP contribution in [0.4, 0.5) is 11.4 Å². The van der Waals surface area contributed by atoms with E-state index >= 15 is 0 Å². The fraction of sp³-hybridized carbons (Fsp3) is 0.222. The van der Waals surface area contributed by atoms with Gasteiger partial charge in [0.15, 0.2) is 0 Å². The Balaban J connectivity index is 2.53. The van der Waals surface area contributed by atoms with Gasteiger partial charge in [-0.1, -0.05) is 6.07 Å². The van der Waals surface area contributed by atoms with Gasteiger partial charge < -0.3 is 10.6 Å². The Bertz CT molecular complexity index is 338. The van der Waals surface area contributed by atoms with Gasteiger partial charge in [0.05, 0.1) is 16.9 Å². The molecule has 2 rings (SSSR count). The molecule has 3 nitrogen and oxygen atoms in total. The molecule has 12 heavy (non-hydrogen) atoms. The lowest BCUT2D eigenvalue weighted by atomic mass is 10.1. The van der Waals surface area contributed by atoms with Crippen LogP contribution in [0, 0.1) is 11.3 Å². The van der Waals surface area contributed by atoms with E-state index in [1.165, 1.54) is 0 Å². The predicted octanol–water partition coefficient (Wildman–Crippen LogP) is 1.40. The number of nitrogens with zero attached hydrogens (tertiary/aromatic N) is 1. The van der Waals surface area contributed by atoms with E-state index in [2.05, 4.69) is 16.7 Å². The highest BCUT2D eigenvalue weighted by Gasteiger charge is 2.10. The number of anilines is 2. The van der Waals surface area contributed by atoms with E-state index in [1.807, 2.05) is 18.2 Å². The molecule has 1 aliphatic rings. The molecule has 1 heterocycles. The SMILES string of the molecule is N#Cc1cccc2c1NCCN2. The third-order valence-corrected chi connectivity index (χ3v) is 1.93. The molecule has 60 valence electrons. The summed E-state index contributed by atoms with van der Waals surface area (Å²) in [5.41, 5.74) is 2.67. The van der Waals surface area contributed by atoms with Gasteiger partial charge >= 0.3 is 0 Å². The molecule has 0 spiro atoms. The summed E-state index contributed by atoms with van der Waals surface area (Å²) >= 11 is 0. The lowest BCUT2D eigenvalue weighted by Gasteiger charge is -2.20. The zero-order valence-electron chi connectivity index (χ0n) is 6.59. The summed E-state index contributed by atoms with van der Waals surface area (Å²) < 4.78 is 0. The summed E-state index contributed by atoms with van der Waals surface area (Å²) in [5, 5.41) is 15.2. The Hall–Kier alpha value is -1.69. The lowest BCUT2D eigenvalue weighted by Crippen LogP contribution is -2.21. The zero-order valence-corrected chi connectivity index (χ0v) is 6.59. The van der Waals surface area contributed by atoms with E-state index in [0.29, 0.717) is 5.56 Å². The first kappa shape index (κ1) is 6.99. The molecule has 1 aromatic carbocycles. The molecule has 0 fully saturated rings. The number of fused-ring (bicyclic) bond motifs is 1. The maximum atomic E-state index is 8.78. The number of rotatable bonds is 0. The van der Waals surface area contributed by atoms with Crippen molar-refractivity contribution in [1.82, 2.24) is 0 Å². The predicted molar refractivity (Wildman–Crippen MR) is 48.1 cm³/mol. The van der Waals surface area contributed by atoms with E-state index in [4.69, 9.17) is 5.26 Å². The third kappa shape index (κ3) is 0.978. The minimum Gasteiger partial charge on any atom is -0.382 e. The fourth-order valence-corrected chi connectivity index (χ4v) is 1.37. The van der Waals surface area contributed by atoms with Crippen LogP contribution in [0.1, 0.15) is 5.56 Å². The molecular formula is C9H9N3. The number of hydrogen-bond donors (Lipinski definition) is 2. The van der Waals surface area contributed by atoms with Crippen molar-refractivity contribution >= 4 is 11.4 Å². The number of para-hydroxylation sites is 1. The monoisotopic (exact) mass is 159 g/mol. The average molecular weight is 159 g/mol. The van der Waals surface area contributed by atoms with E-state index in [9.17, 15) is 0 Å². The van der Waals surface area contributed by atoms with Crippen LogP contribution in [-0.4, -0.2) is 13.1 Å². The van der Waals surface area contributed by atoms with Crippen molar-refractivity contribution in [3.63, 3.8) is 0 Å². The largest absolute Gasteiger partial charge is 0.382 e. The Kier molecular flexibility index (Phi) is 1.60. The zero-order chi connectivity index (χ0) is 8.39. The standard InChI is InChI=1S/C9H9N3/c10-6-7-2-1-3-8-9(7)12-5-4-11-8/h1-3,11-12H,4-5H2. The molecule has 0 amide bonds. The van der Waals surface area contributed by atoms with Crippen LogP contribution in [0.2, 0.25) is 0 Å². The normalized spacial score (nSPS) is 13.6. The van der Waals surface area contributed by atoms with Gasteiger partial charge in [-0.3, -0.25) is 0 Å². The highest BCUT2D eigenvalue weighted by atomic mass is 15.0. The van der Waals surface area contributed by atoms with Gasteiger partial charge in [-0.25, -0.2) is 0 Å². The second kappa shape index (κ2) is 2.74. The van der Waals surface area contributed by atoms with Crippen molar-refractivity contribution in [2.24, 2.45) is 0 Å². The minimum absolute atomic E-state index is 0.708. The van der Waals surface area contributed by atoms with Crippen molar-refractivity contribution < 1.29 is 0 Å². The van der Waals surface area contributed by atoms with Crippen molar-refractivity contribution in [1.29, 1.82) is 5.26 Å². The fourth-order valence-electron chi connectivity index (χ4n) is 1.37. The number of benzene rings is 1. The average Bonchev–Trinajstić information content (AvgIpc) is 2.17. The molecule has 3 heteroatoms. The Morgan fingerprint density at radius 2 is 2.08 bits per heavy atom. The molecule has 2 N–H and O–H groups in total. The minimum atomic E-state index is 0.708. The Morgan fingerprint density at radius 1 is 1.25 bits per heavy atom. The number of nitriles is 1.